The summed E-state index contributed by atoms with van der Waals surface area (Å²) in [4.78, 5) is 4.43. The first-order valence-electron chi connectivity index (χ1n) is 7.57. The van der Waals surface area contributed by atoms with Gasteiger partial charge in [-0.05, 0) is 31.4 Å². The molecule has 0 fully saturated rings. The molecule has 0 amide bonds. The smallest absolute Gasteiger partial charge is 0.191 e. The van der Waals surface area contributed by atoms with E-state index in [1.807, 2.05) is 6.92 Å². The maximum absolute atomic E-state index is 10.4. The number of aliphatic imine (C=N–C) groups is 1. The monoisotopic (exact) mass is 341 g/mol. The third-order valence-electron chi connectivity index (χ3n) is 3.16. The van der Waals surface area contributed by atoms with Crippen LogP contribution < -0.4 is 20.1 Å². The van der Waals surface area contributed by atoms with E-state index in [0.29, 0.717) is 23.0 Å². The first kappa shape index (κ1) is 19.4. The largest absolute Gasteiger partial charge is 0.497 e. The summed E-state index contributed by atoms with van der Waals surface area (Å²) in [7, 11) is 3.17. The molecule has 0 aliphatic heterocycles. The summed E-state index contributed by atoms with van der Waals surface area (Å²) in [6.45, 7) is 3.83. The second-order valence-corrected chi connectivity index (χ2v) is 5.75. The fourth-order valence-electron chi connectivity index (χ4n) is 1.99. The molecule has 0 bridgehead atoms. The van der Waals surface area contributed by atoms with Gasteiger partial charge in [0.05, 0.1) is 20.8 Å². The van der Waals surface area contributed by atoms with Crippen LogP contribution >= 0.6 is 11.8 Å². The average Bonchev–Trinajstić information content (AvgIpc) is 2.58. The van der Waals surface area contributed by atoms with E-state index in [2.05, 4.69) is 21.9 Å². The van der Waals surface area contributed by atoms with Crippen LogP contribution in [0.1, 0.15) is 18.6 Å². The Labute approximate surface area is 142 Å². The highest BCUT2D eigenvalue weighted by molar-refractivity contribution is 7.98. The van der Waals surface area contributed by atoms with Crippen LogP contribution in [0.3, 0.4) is 0 Å². The Bertz CT molecular complexity index is 497. The topological polar surface area (TPSA) is 75.1 Å². The zero-order chi connectivity index (χ0) is 17.1. The Morgan fingerprint density at radius 3 is 2.70 bits per heavy atom. The van der Waals surface area contributed by atoms with Crippen LogP contribution in [-0.2, 0) is 0 Å². The molecule has 1 unspecified atom stereocenters. The third kappa shape index (κ3) is 6.58. The third-order valence-corrected chi connectivity index (χ3v) is 3.77. The van der Waals surface area contributed by atoms with Crippen molar-refractivity contribution in [2.45, 2.75) is 13.0 Å². The van der Waals surface area contributed by atoms with Crippen molar-refractivity contribution in [2.24, 2.45) is 4.99 Å². The number of nitrogens with one attached hydrogen (secondary N) is 2. The molecule has 1 aromatic carbocycles. The number of benzene rings is 1. The number of methoxy groups -OCH3 is 2. The summed E-state index contributed by atoms with van der Waals surface area (Å²) in [6.07, 6.45) is 1.29. The fourth-order valence-corrected chi connectivity index (χ4v) is 2.30. The van der Waals surface area contributed by atoms with Gasteiger partial charge in [-0.25, -0.2) is 0 Å². The first-order chi connectivity index (χ1) is 11.2. The highest BCUT2D eigenvalue weighted by Gasteiger charge is 2.14. The van der Waals surface area contributed by atoms with Gasteiger partial charge in [-0.3, -0.25) is 4.99 Å². The van der Waals surface area contributed by atoms with E-state index in [4.69, 9.17) is 9.47 Å². The Kier molecular flexibility index (Phi) is 9.31. The molecule has 6 nitrogen and oxygen atoms in total. The second-order valence-electron chi connectivity index (χ2n) is 4.76. The predicted molar refractivity (Wildman–Crippen MR) is 96.9 cm³/mol. The average molecular weight is 341 g/mol. The minimum atomic E-state index is -0.768. The summed E-state index contributed by atoms with van der Waals surface area (Å²) < 4.78 is 10.5. The molecule has 1 atom stereocenters. The molecule has 1 rings (SSSR count). The molecule has 1 aromatic rings. The van der Waals surface area contributed by atoms with E-state index in [0.717, 1.165) is 18.8 Å². The Balaban J connectivity index is 2.79. The molecule has 3 N–H and O–H groups in total. The van der Waals surface area contributed by atoms with Crippen molar-refractivity contribution in [3.8, 4) is 11.5 Å². The lowest BCUT2D eigenvalue weighted by molar-refractivity contribution is 0.182. The van der Waals surface area contributed by atoms with Crippen LogP contribution in [0.25, 0.3) is 0 Å². The summed E-state index contributed by atoms with van der Waals surface area (Å²) in [5.41, 5.74) is 0.663. The Morgan fingerprint density at radius 1 is 1.30 bits per heavy atom. The lowest BCUT2D eigenvalue weighted by Gasteiger charge is -2.16. The highest BCUT2D eigenvalue weighted by Crippen LogP contribution is 2.29. The van der Waals surface area contributed by atoms with Crippen molar-refractivity contribution in [3.05, 3.63) is 23.8 Å². The van der Waals surface area contributed by atoms with Crippen LogP contribution in [0.2, 0.25) is 0 Å². The van der Waals surface area contributed by atoms with Gasteiger partial charge >= 0.3 is 0 Å². The van der Waals surface area contributed by atoms with Crippen molar-refractivity contribution >= 4 is 17.7 Å². The maximum atomic E-state index is 10.4. The molecule has 23 heavy (non-hydrogen) atoms. The molecular formula is C16H27N3O3S. The van der Waals surface area contributed by atoms with Crippen LogP contribution in [0, 0.1) is 0 Å². The number of nitrogens with zero attached hydrogens (tertiary/aromatic N) is 1. The van der Waals surface area contributed by atoms with Gasteiger partial charge in [0.2, 0.25) is 0 Å². The highest BCUT2D eigenvalue weighted by atomic mass is 32.2. The van der Waals surface area contributed by atoms with Gasteiger partial charge in [-0.1, -0.05) is 0 Å². The molecular weight excluding hydrogens is 314 g/mol. The van der Waals surface area contributed by atoms with E-state index in [1.165, 1.54) is 0 Å². The normalized spacial score (nSPS) is 12.7. The minimum Gasteiger partial charge on any atom is -0.497 e. The number of thioether (sulfide) groups is 1. The summed E-state index contributed by atoms with van der Waals surface area (Å²) in [6, 6.07) is 5.35. The van der Waals surface area contributed by atoms with Crippen molar-refractivity contribution in [3.63, 3.8) is 0 Å². The molecule has 130 valence electrons. The summed E-state index contributed by atoms with van der Waals surface area (Å²) >= 11 is 1.77. The van der Waals surface area contributed by atoms with E-state index in [9.17, 15) is 5.11 Å². The molecule has 0 saturated heterocycles. The molecule has 7 heteroatoms. The van der Waals surface area contributed by atoms with Gasteiger partial charge in [0, 0.05) is 24.4 Å². The Morgan fingerprint density at radius 2 is 2.09 bits per heavy atom. The quantitative estimate of drug-likeness (QED) is 0.360. The zero-order valence-corrected chi connectivity index (χ0v) is 15.1. The van der Waals surface area contributed by atoms with E-state index < -0.39 is 6.10 Å². The Hall–Kier alpha value is -1.60. The van der Waals surface area contributed by atoms with Gasteiger partial charge in [0.25, 0.3) is 0 Å². The maximum Gasteiger partial charge on any atom is 0.191 e. The number of rotatable bonds is 9. The molecule has 0 saturated carbocycles. The standard InChI is InChI=1S/C16H27N3O3S/c1-5-17-16(18-8-9-23-4)19-11-14(20)13-10-12(21-2)6-7-15(13)22-3/h6-7,10,14,20H,5,8-9,11H2,1-4H3,(H2,17,18,19). The molecule has 0 aliphatic carbocycles. The van der Waals surface area contributed by atoms with Gasteiger partial charge in [-0.2, -0.15) is 11.8 Å². The van der Waals surface area contributed by atoms with E-state index in [-0.39, 0.29) is 6.54 Å². The SMILES string of the molecule is CCNC(=NCC(O)c1cc(OC)ccc1OC)NCCSC. The number of ether oxygens (including phenoxy) is 2. The number of hydrogen-bond acceptors (Lipinski definition) is 5. The number of aliphatic hydroxyl groups is 1. The molecule has 0 aromatic heterocycles. The lowest BCUT2D eigenvalue weighted by Crippen LogP contribution is -2.38. The van der Waals surface area contributed by atoms with Crippen LogP contribution in [0.15, 0.2) is 23.2 Å². The fraction of sp³-hybridized carbons (Fsp3) is 0.562. The molecule has 0 spiro atoms. The van der Waals surface area contributed by atoms with Crippen molar-refractivity contribution in [1.29, 1.82) is 0 Å². The van der Waals surface area contributed by atoms with E-state index >= 15 is 0 Å². The predicted octanol–water partition coefficient (Wildman–Crippen LogP) is 1.66. The second kappa shape index (κ2) is 11.0. The van der Waals surface area contributed by atoms with Crippen molar-refractivity contribution in [1.82, 2.24) is 10.6 Å². The van der Waals surface area contributed by atoms with E-state index in [1.54, 1.807) is 44.2 Å². The van der Waals surface area contributed by atoms with Crippen molar-refractivity contribution < 1.29 is 14.6 Å². The summed E-state index contributed by atoms with van der Waals surface area (Å²) in [5.74, 6) is 2.99. The van der Waals surface area contributed by atoms with Gasteiger partial charge < -0.3 is 25.2 Å². The number of hydrogen-bond donors (Lipinski definition) is 3. The minimum absolute atomic E-state index is 0.234. The first-order valence-corrected chi connectivity index (χ1v) is 8.96. The van der Waals surface area contributed by atoms with Crippen LogP contribution in [-0.4, -0.2) is 56.9 Å². The van der Waals surface area contributed by atoms with Crippen LogP contribution in [0.5, 0.6) is 11.5 Å². The number of aliphatic hydroxyl groups excluding tert-OH is 1. The van der Waals surface area contributed by atoms with Gasteiger partial charge in [-0.15, -0.1) is 0 Å². The van der Waals surface area contributed by atoms with Gasteiger partial charge in [0.15, 0.2) is 5.96 Å². The lowest BCUT2D eigenvalue weighted by atomic mass is 10.1. The summed E-state index contributed by atoms with van der Waals surface area (Å²) in [5, 5.41) is 16.8. The number of guanidine groups is 1. The van der Waals surface area contributed by atoms with Gasteiger partial charge in [0.1, 0.15) is 17.6 Å². The molecule has 0 radical (unpaired) electrons. The van der Waals surface area contributed by atoms with Crippen molar-refractivity contribution in [2.75, 3.05) is 45.9 Å². The van der Waals surface area contributed by atoms with Crippen LogP contribution in [0.4, 0.5) is 0 Å². The molecule has 0 aliphatic rings. The zero-order valence-electron chi connectivity index (χ0n) is 14.3. The molecule has 0 heterocycles.